The third-order valence-electron chi connectivity index (χ3n) is 5.77. The number of aryl methyl sites for hydroxylation is 1. The van der Waals surface area contributed by atoms with E-state index in [1.165, 1.54) is 5.56 Å². The number of aromatic nitrogens is 2. The summed E-state index contributed by atoms with van der Waals surface area (Å²) in [6.07, 6.45) is 0.601. The molecule has 1 fully saturated rings. The van der Waals surface area contributed by atoms with Crippen LogP contribution in [0.4, 0.5) is 0 Å². The third kappa shape index (κ3) is 5.55. The second-order valence-corrected chi connectivity index (χ2v) is 8.51. The lowest BCUT2D eigenvalue weighted by molar-refractivity contribution is 0.398. The van der Waals surface area contributed by atoms with Crippen molar-refractivity contribution in [3.63, 3.8) is 0 Å². The van der Waals surface area contributed by atoms with Crippen LogP contribution in [0.15, 0.2) is 59.4 Å². The first-order valence-electron chi connectivity index (χ1n) is 10.7. The van der Waals surface area contributed by atoms with E-state index < -0.39 is 0 Å². The van der Waals surface area contributed by atoms with Crippen LogP contribution in [0.2, 0.25) is 5.02 Å². The fourth-order valence-electron chi connectivity index (χ4n) is 4.17. The molecule has 0 amide bonds. The van der Waals surface area contributed by atoms with E-state index in [-0.39, 0.29) is 17.6 Å². The van der Waals surface area contributed by atoms with Crippen molar-refractivity contribution in [1.82, 2.24) is 26.1 Å². The second kappa shape index (κ2) is 10.3. The van der Waals surface area contributed by atoms with Gasteiger partial charge in [0.1, 0.15) is 11.6 Å². The van der Waals surface area contributed by atoms with Gasteiger partial charge in [0.15, 0.2) is 0 Å². The molecule has 3 atom stereocenters. The van der Waals surface area contributed by atoms with E-state index >= 15 is 0 Å². The smallest absolute Gasteiger partial charge is 0.251 e. The number of rotatable bonds is 8. The summed E-state index contributed by atoms with van der Waals surface area (Å²) in [6.45, 7) is 3.41. The zero-order valence-electron chi connectivity index (χ0n) is 18.2. The number of benzene rings is 2. The number of nitrogens with zero attached hydrogens (tertiary/aromatic N) is 1. The van der Waals surface area contributed by atoms with Crippen LogP contribution in [0.5, 0.6) is 5.75 Å². The van der Waals surface area contributed by atoms with Gasteiger partial charge in [0, 0.05) is 48.3 Å². The fourth-order valence-corrected chi connectivity index (χ4v) is 4.29. The molecule has 4 N–H and O–H groups in total. The van der Waals surface area contributed by atoms with E-state index in [2.05, 4.69) is 38.3 Å². The van der Waals surface area contributed by atoms with Crippen molar-refractivity contribution in [1.29, 1.82) is 0 Å². The molecule has 0 radical (unpaired) electrons. The van der Waals surface area contributed by atoms with Crippen molar-refractivity contribution < 1.29 is 4.74 Å². The maximum absolute atomic E-state index is 11.9. The molecule has 168 valence electrons. The molecule has 2 aromatic carbocycles. The Morgan fingerprint density at radius 2 is 2.03 bits per heavy atom. The van der Waals surface area contributed by atoms with Crippen LogP contribution < -0.4 is 26.5 Å². The van der Waals surface area contributed by atoms with Gasteiger partial charge in [-0.05, 0) is 42.3 Å². The Labute approximate surface area is 192 Å². The highest BCUT2D eigenvalue weighted by atomic mass is 35.5. The molecule has 1 aliphatic rings. The minimum atomic E-state index is -0.135. The van der Waals surface area contributed by atoms with Crippen LogP contribution in [0.3, 0.4) is 0 Å². The zero-order chi connectivity index (χ0) is 22.5. The molecule has 0 bridgehead atoms. The van der Waals surface area contributed by atoms with Gasteiger partial charge < -0.3 is 15.0 Å². The van der Waals surface area contributed by atoms with Gasteiger partial charge >= 0.3 is 0 Å². The largest absolute Gasteiger partial charge is 0.497 e. The minimum absolute atomic E-state index is 0.00692. The first-order chi connectivity index (χ1) is 15.5. The number of hydrogen-bond donors (Lipinski definition) is 4. The molecule has 3 unspecified atom stereocenters. The van der Waals surface area contributed by atoms with Gasteiger partial charge in [-0.15, -0.1) is 0 Å². The number of halogens is 1. The summed E-state index contributed by atoms with van der Waals surface area (Å²) in [5, 5.41) is 4.40. The van der Waals surface area contributed by atoms with E-state index in [1.54, 1.807) is 20.1 Å². The van der Waals surface area contributed by atoms with Gasteiger partial charge in [-0.3, -0.25) is 10.2 Å². The molecule has 0 aliphatic carbocycles. The summed E-state index contributed by atoms with van der Waals surface area (Å²) < 4.78 is 5.39. The lowest BCUT2D eigenvalue weighted by atomic mass is 9.93. The van der Waals surface area contributed by atoms with E-state index in [9.17, 15) is 4.79 Å². The molecular weight excluding hydrogens is 426 g/mol. The third-order valence-corrected chi connectivity index (χ3v) is 6.02. The van der Waals surface area contributed by atoms with Crippen LogP contribution in [-0.2, 0) is 6.42 Å². The van der Waals surface area contributed by atoms with Crippen molar-refractivity contribution in [2.24, 2.45) is 5.92 Å². The molecule has 1 aromatic heterocycles. The second-order valence-electron chi connectivity index (χ2n) is 8.08. The molecular formula is C24H28ClN5O2. The van der Waals surface area contributed by atoms with Gasteiger partial charge in [0.2, 0.25) is 0 Å². The zero-order valence-corrected chi connectivity index (χ0v) is 18.9. The first kappa shape index (κ1) is 22.5. The lowest BCUT2D eigenvalue weighted by Gasteiger charge is -2.24. The van der Waals surface area contributed by atoms with Gasteiger partial charge in [-0.1, -0.05) is 35.9 Å². The molecule has 8 heteroatoms. The summed E-state index contributed by atoms with van der Waals surface area (Å²) in [7, 11) is 1.68. The average molecular weight is 454 g/mol. The van der Waals surface area contributed by atoms with Gasteiger partial charge in [0.05, 0.1) is 13.2 Å². The van der Waals surface area contributed by atoms with Gasteiger partial charge in [-0.2, -0.15) is 0 Å². The van der Waals surface area contributed by atoms with E-state index in [0.717, 1.165) is 30.1 Å². The Bertz CT molecular complexity index is 1100. The summed E-state index contributed by atoms with van der Waals surface area (Å²) in [5.41, 5.74) is 9.58. The van der Waals surface area contributed by atoms with Crippen molar-refractivity contribution >= 4 is 11.6 Å². The number of H-pyrrole nitrogens is 1. The number of hydrogen-bond acceptors (Lipinski definition) is 6. The Hall–Kier alpha value is -2.71. The molecule has 2 heterocycles. The van der Waals surface area contributed by atoms with Gasteiger partial charge in [0.25, 0.3) is 5.56 Å². The van der Waals surface area contributed by atoms with E-state index in [4.69, 9.17) is 16.3 Å². The average Bonchev–Trinajstić information content (AvgIpc) is 3.25. The monoisotopic (exact) mass is 453 g/mol. The Kier molecular flexibility index (Phi) is 7.22. The molecule has 1 saturated heterocycles. The standard InChI is InChI=1S/C24H28ClN5O2/c1-15-28-20(12-23(31)29-15)11-22(16-6-8-19(25)9-7-16)26-13-18-14-27-30-24(18)17-4-3-5-21(10-17)32-2/h3-10,12,18,22,24,26-27,30H,11,13-14H2,1-2H3,(H,28,29,31). The molecule has 3 aromatic rings. The normalized spacial score (nSPS) is 19.1. The van der Waals surface area contributed by atoms with Crippen molar-refractivity contribution in [2.45, 2.75) is 25.4 Å². The van der Waals surface area contributed by atoms with E-state index in [0.29, 0.717) is 23.2 Å². The number of hydrazine groups is 1. The summed E-state index contributed by atoms with van der Waals surface area (Å²) in [4.78, 5) is 19.2. The highest BCUT2D eigenvalue weighted by Crippen LogP contribution is 2.28. The Morgan fingerprint density at radius 3 is 2.78 bits per heavy atom. The first-order valence-corrected chi connectivity index (χ1v) is 11.1. The number of ether oxygens (including phenoxy) is 1. The number of nitrogens with one attached hydrogen (secondary N) is 4. The number of methoxy groups -OCH3 is 1. The van der Waals surface area contributed by atoms with Crippen molar-refractivity contribution in [3.05, 3.63) is 92.6 Å². The molecule has 4 rings (SSSR count). The Balaban J connectivity index is 1.52. The van der Waals surface area contributed by atoms with Crippen LogP contribution in [0, 0.1) is 12.8 Å². The Morgan fingerprint density at radius 1 is 1.22 bits per heavy atom. The van der Waals surface area contributed by atoms with Crippen molar-refractivity contribution in [3.8, 4) is 5.75 Å². The maximum Gasteiger partial charge on any atom is 0.251 e. The predicted molar refractivity (Wildman–Crippen MR) is 126 cm³/mol. The van der Waals surface area contributed by atoms with Crippen LogP contribution in [0.1, 0.15) is 34.7 Å². The fraction of sp³-hybridized carbons (Fsp3) is 0.333. The molecule has 1 aliphatic heterocycles. The molecule has 32 heavy (non-hydrogen) atoms. The quantitative estimate of drug-likeness (QED) is 0.419. The highest BCUT2D eigenvalue weighted by molar-refractivity contribution is 6.30. The molecule has 0 saturated carbocycles. The topological polar surface area (TPSA) is 91.1 Å². The maximum atomic E-state index is 11.9. The highest BCUT2D eigenvalue weighted by Gasteiger charge is 2.29. The predicted octanol–water partition coefficient (Wildman–Crippen LogP) is 3.08. The van der Waals surface area contributed by atoms with E-state index in [1.807, 2.05) is 36.4 Å². The van der Waals surface area contributed by atoms with Crippen molar-refractivity contribution in [2.75, 3.05) is 20.2 Å². The summed E-state index contributed by atoms with van der Waals surface area (Å²) >= 11 is 6.11. The van der Waals surface area contributed by atoms with Gasteiger partial charge in [-0.25, -0.2) is 10.4 Å². The molecule has 0 spiro atoms. The SMILES string of the molecule is COc1cccc(C2NNCC2CNC(Cc2cc(=O)[nH]c(C)n2)c2ccc(Cl)cc2)c1. The summed E-state index contributed by atoms with van der Waals surface area (Å²) in [6, 6.07) is 17.7. The van der Waals surface area contributed by atoms with Crippen LogP contribution in [0.25, 0.3) is 0 Å². The minimum Gasteiger partial charge on any atom is -0.497 e. The van der Waals surface area contributed by atoms with Crippen LogP contribution >= 0.6 is 11.6 Å². The lowest BCUT2D eigenvalue weighted by Crippen LogP contribution is -2.32. The van der Waals surface area contributed by atoms with Crippen LogP contribution in [-0.4, -0.2) is 30.2 Å². The summed E-state index contributed by atoms with van der Waals surface area (Å²) in [5.74, 6) is 1.79. The molecule has 7 nitrogen and oxygen atoms in total. The number of aromatic amines is 1.